The zero-order chi connectivity index (χ0) is 28.7. The quantitative estimate of drug-likeness (QED) is 0.351. The second-order valence-corrected chi connectivity index (χ2v) is 10.8. The van der Waals surface area contributed by atoms with Crippen LogP contribution in [0.2, 0.25) is 0 Å². The van der Waals surface area contributed by atoms with Gasteiger partial charge in [-0.05, 0) is 68.4 Å². The number of imide groups is 1. The molecule has 6 rings (SSSR count). The minimum atomic E-state index is -1.24. The summed E-state index contributed by atoms with van der Waals surface area (Å²) in [6.07, 6.45) is 4.21. The first-order valence-electron chi connectivity index (χ1n) is 13.6. The lowest BCUT2D eigenvalue weighted by molar-refractivity contribution is -0.150. The molecule has 1 saturated heterocycles. The van der Waals surface area contributed by atoms with Crippen molar-refractivity contribution in [3.8, 4) is 0 Å². The van der Waals surface area contributed by atoms with Crippen LogP contribution in [0, 0.1) is 0 Å². The normalized spacial score (nSPS) is 16.7. The van der Waals surface area contributed by atoms with Gasteiger partial charge in [-0.3, -0.25) is 24.1 Å². The first-order valence-corrected chi connectivity index (χ1v) is 13.6. The summed E-state index contributed by atoms with van der Waals surface area (Å²) in [5.74, 6) is -1.36. The van der Waals surface area contributed by atoms with Crippen molar-refractivity contribution >= 4 is 40.2 Å². The van der Waals surface area contributed by atoms with Gasteiger partial charge in [-0.1, -0.05) is 12.1 Å². The maximum Gasteiger partial charge on any atom is 0.262 e. The van der Waals surface area contributed by atoms with Gasteiger partial charge in [-0.2, -0.15) is 0 Å². The zero-order valence-corrected chi connectivity index (χ0v) is 23.0. The van der Waals surface area contributed by atoms with E-state index in [0.29, 0.717) is 37.4 Å². The lowest BCUT2D eigenvalue weighted by Crippen LogP contribution is -2.64. The number of nitrogens with zero attached hydrogens (tertiary/aromatic N) is 4. The number of hydrogen-bond donors (Lipinski definition) is 1. The molecule has 2 aliphatic heterocycles. The highest BCUT2D eigenvalue weighted by Gasteiger charge is 2.49. The molecule has 4 heterocycles. The Morgan fingerprint density at radius 3 is 2.32 bits per heavy atom. The average molecular weight is 554 g/mol. The topological polar surface area (TPSA) is 108 Å². The van der Waals surface area contributed by atoms with E-state index in [4.69, 9.17) is 4.42 Å². The Bertz CT molecular complexity index is 1610. The van der Waals surface area contributed by atoms with Crippen molar-refractivity contribution in [1.29, 1.82) is 0 Å². The van der Waals surface area contributed by atoms with E-state index in [0.717, 1.165) is 15.8 Å². The van der Waals surface area contributed by atoms with Crippen molar-refractivity contribution in [1.82, 2.24) is 19.3 Å². The molecular weight excluding hydrogens is 522 g/mol. The average Bonchev–Trinajstić information content (AvgIpc) is 3.69. The molecule has 0 spiro atoms. The van der Waals surface area contributed by atoms with Crippen LogP contribution in [0.1, 0.15) is 39.3 Å². The summed E-state index contributed by atoms with van der Waals surface area (Å²) in [6.45, 7) is 0.706. The fraction of sp³-hybridized carbons (Fsp3) is 0.290. The third-order valence-electron chi connectivity index (χ3n) is 8.26. The molecule has 0 aliphatic carbocycles. The van der Waals surface area contributed by atoms with Crippen molar-refractivity contribution < 1.29 is 23.6 Å². The number of rotatable bonds is 7. The second-order valence-electron chi connectivity index (χ2n) is 10.8. The number of benzene rings is 2. The lowest BCUT2D eigenvalue weighted by atomic mass is 9.84. The predicted octanol–water partition coefficient (Wildman–Crippen LogP) is 3.50. The largest absolute Gasteiger partial charge is 0.467 e. The van der Waals surface area contributed by atoms with Crippen LogP contribution in [0.15, 0.2) is 77.5 Å². The van der Waals surface area contributed by atoms with Gasteiger partial charge in [0, 0.05) is 42.9 Å². The molecule has 4 aromatic rings. The zero-order valence-electron chi connectivity index (χ0n) is 23.0. The Balaban J connectivity index is 1.34. The number of aryl methyl sites for hydroxylation is 1. The molecule has 4 amide bonds. The van der Waals surface area contributed by atoms with Gasteiger partial charge in [0.25, 0.3) is 11.8 Å². The van der Waals surface area contributed by atoms with Gasteiger partial charge in [0.1, 0.15) is 17.8 Å². The van der Waals surface area contributed by atoms with Crippen molar-refractivity contribution in [2.24, 2.45) is 7.05 Å². The third-order valence-corrected chi connectivity index (χ3v) is 8.26. The molecule has 2 aromatic heterocycles. The number of furan rings is 1. The summed E-state index contributed by atoms with van der Waals surface area (Å²) in [7, 11) is 3.93. The molecule has 41 heavy (non-hydrogen) atoms. The van der Waals surface area contributed by atoms with Crippen LogP contribution in [0.5, 0.6) is 0 Å². The Morgan fingerprint density at radius 1 is 0.951 bits per heavy atom. The number of carbonyl (C=O) groups is 4. The Kier molecular flexibility index (Phi) is 6.70. The number of nitrogens with one attached hydrogen (secondary N) is 1. The van der Waals surface area contributed by atoms with E-state index in [9.17, 15) is 19.2 Å². The number of fused-ring (bicyclic) bond motifs is 2. The molecule has 2 aromatic carbocycles. The minimum Gasteiger partial charge on any atom is -0.467 e. The van der Waals surface area contributed by atoms with Crippen LogP contribution in [0.3, 0.4) is 0 Å². The summed E-state index contributed by atoms with van der Waals surface area (Å²) in [5.41, 5.74) is 0.961. The van der Waals surface area contributed by atoms with Crippen LogP contribution in [-0.2, 0) is 23.2 Å². The molecule has 210 valence electrons. The summed E-state index contributed by atoms with van der Waals surface area (Å²) >= 11 is 0. The first kappa shape index (κ1) is 26.5. The van der Waals surface area contributed by atoms with Gasteiger partial charge in [0.05, 0.1) is 23.9 Å². The fourth-order valence-corrected chi connectivity index (χ4v) is 5.85. The SMILES string of the molecule is CN1CCC(C(=O)Nc2ccc3c(ccn3C)c2)(N(Cc2ccco2)C(=O)CN2C(=O)c3ccccc3C2=O)CC1. The monoisotopic (exact) mass is 553 g/mol. The maximum atomic E-state index is 14.2. The Hall–Kier alpha value is -4.70. The maximum absolute atomic E-state index is 14.2. The number of piperidine rings is 1. The molecule has 0 saturated carbocycles. The Morgan fingerprint density at radius 2 is 1.66 bits per heavy atom. The number of carbonyl (C=O) groups excluding carboxylic acids is 4. The van der Waals surface area contributed by atoms with E-state index >= 15 is 0 Å². The summed E-state index contributed by atoms with van der Waals surface area (Å²) in [4.78, 5) is 59.1. The van der Waals surface area contributed by atoms with Crippen molar-refractivity contribution in [2.75, 3.05) is 32.0 Å². The minimum absolute atomic E-state index is 0.0177. The van der Waals surface area contributed by atoms with E-state index in [1.54, 1.807) is 36.4 Å². The van der Waals surface area contributed by atoms with E-state index in [-0.39, 0.29) is 23.6 Å². The number of likely N-dealkylation sites (tertiary alicyclic amines) is 1. The van der Waals surface area contributed by atoms with Gasteiger partial charge in [-0.25, -0.2) is 0 Å². The summed E-state index contributed by atoms with van der Waals surface area (Å²) in [6, 6.07) is 17.7. The number of aromatic nitrogens is 1. The number of anilines is 1. The van der Waals surface area contributed by atoms with Crippen molar-refractivity contribution in [2.45, 2.75) is 24.9 Å². The van der Waals surface area contributed by atoms with Crippen LogP contribution < -0.4 is 5.32 Å². The van der Waals surface area contributed by atoms with Gasteiger partial charge < -0.3 is 24.1 Å². The van der Waals surface area contributed by atoms with Crippen LogP contribution in [0.4, 0.5) is 5.69 Å². The molecular formula is C31H31N5O5. The van der Waals surface area contributed by atoms with Crippen molar-refractivity contribution in [3.05, 3.63) is 90.0 Å². The van der Waals surface area contributed by atoms with Crippen LogP contribution >= 0.6 is 0 Å². The summed E-state index contributed by atoms with van der Waals surface area (Å²) in [5, 5.41) is 4.05. The van der Waals surface area contributed by atoms with E-state index < -0.39 is 29.8 Å². The summed E-state index contributed by atoms with van der Waals surface area (Å²) < 4.78 is 7.60. The van der Waals surface area contributed by atoms with E-state index in [1.807, 2.05) is 49.1 Å². The standard InChI is InChI=1S/C31H31N5O5/c1-33-15-12-31(13-16-33,30(40)32-22-9-10-26-21(18-22)11-14-34(26)2)36(19-23-6-5-17-41-23)27(37)20-35-28(38)24-7-3-4-8-25(24)29(35)39/h3-11,14,17-18H,12-13,15-16,19-20H2,1-2H3,(H,32,40). The second kappa shape index (κ2) is 10.4. The molecule has 0 atom stereocenters. The van der Waals surface area contributed by atoms with Gasteiger partial charge in [-0.15, -0.1) is 0 Å². The van der Waals surface area contributed by atoms with Crippen molar-refractivity contribution in [3.63, 3.8) is 0 Å². The van der Waals surface area contributed by atoms with Crippen LogP contribution in [0.25, 0.3) is 10.9 Å². The van der Waals surface area contributed by atoms with E-state index in [1.165, 1.54) is 11.2 Å². The smallest absolute Gasteiger partial charge is 0.262 e. The molecule has 0 bridgehead atoms. The highest BCUT2D eigenvalue weighted by Crippen LogP contribution is 2.34. The number of hydrogen-bond acceptors (Lipinski definition) is 6. The fourth-order valence-electron chi connectivity index (χ4n) is 5.85. The molecule has 10 heteroatoms. The number of amides is 4. The lowest BCUT2D eigenvalue weighted by Gasteiger charge is -2.46. The highest BCUT2D eigenvalue weighted by atomic mass is 16.3. The Labute approximate surface area is 237 Å². The molecule has 1 N–H and O–H groups in total. The van der Waals surface area contributed by atoms with E-state index in [2.05, 4.69) is 10.2 Å². The van der Waals surface area contributed by atoms with Gasteiger partial charge in [0.2, 0.25) is 11.8 Å². The van der Waals surface area contributed by atoms with Gasteiger partial charge >= 0.3 is 0 Å². The molecule has 0 radical (unpaired) electrons. The molecule has 1 fully saturated rings. The first-order chi connectivity index (χ1) is 19.8. The molecule has 2 aliphatic rings. The molecule has 0 unspecified atom stereocenters. The highest BCUT2D eigenvalue weighted by molar-refractivity contribution is 6.22. The molecule has 10 nitrogen and oxygen atoms in total. The predicted molar refractivity (Wildman–Crippen MR) is 152 cm³/mol. The third kappa shape index (κ3) is 4.70. The van der Waals surface area contributed by atoms with Crippen LogP contribution in [-0.4, -0.2) is 75.1 Å². The van der Waals surface area contributed by atoms with Gasteiger partial charge in [0.15, 0.2) is 0 Å².